The molecule has 0 spiro atoms. The Morgan fingerprint density at radius 2 is 1.91 bits per heavy atom. The number of aryl methyl sites for hydroxylation is 2. The molecule has 8 heteroatoms. The van der Waals surface area contributed by atoms with Crippen LogP contribution in [0.25, 0.3) is 11.0 Å². The van der Waals surface area contributed by atoms with Gasteiger partial charge in [0, 0.05) is 24.1 Å². The molecule has 1 aromatic carbocycles. The Balaban J connectivity index is 2.05. The summed E-state index contributed by atoms with van der Waals surface area (Å²) >= 11 is 0. The first-order valence-corrected chi connectivity index (χ1v) is 8.33. The summed E-state index contributed by atoms with van der Waals surface area (Å²) in [7, 11) is -2.10. The van der Waals surface area contributed by atoms with Gasteiger partial charge in [-0.25, -0.2) is 13.2 Å². The van der Waals surface area contributed by atoms with Crippen LogP contribution in [0, 0.1) is 13.8 Å². The number of hydrogen-bond donors (Lipinski definition) is 1. The van der Waals surface area contributed by atoms with Gasteiger partial charge in [-0.05, 0) is 38.1 Å². The van der Waals surface area contributed by atoms with Crippen molar-refractivity contribution in [3.8, 4) is 0 Å². The zero-order valence-corrected chi connectivity index (χ0v) is 13.6. The summed E-state index contributed by atoms with van der Waals surface area (Å²) in [6, 6.07) is 7.10. The summed E-state index contributed by atoms with van der Waals surface area (Å²) in [6.45, 7) is 3.61. The van der Waals surface area contributed by atoms with E-state index >= 15 is 0 Å². The molecule has 3 aromatic rings. The van der Waals surface area contributed by atoms with Crippen LogP contribution in [0.2, 0.25) is 0 Å². The lowest BCUT2D eigenvalue weighted by Gasteiger charge is -2.09. The quantitative estimate of drug-likeness (QED) is 0.739. The Kier molecular flexibility index (Phi) is 3.48. The molecule has 0 atom stereocenters. The van der Waals surface area contributed by atoms with Crippen LogP contribution in [0.3, 0.4) is 0 Å². The predicted octanol–water partition coefficient (Wildman–Crippen LogP) is 1.94. The van der Waals surface area contributed by atoms with Gasteiger partial charge in [0.05, 0.1) is 10.6 Å². The van der Waals surface area contributed by atoms with E-state index in [2.05, 4.69) is 9.82 Å². The molecule has 23 heavy (non-hydrogen) atoms. The number of rotatable bonds is 3. The maximum absolute atomic E-state index is 12.6. The van der Waals surface area contributed by atoms with E-state index in [0.717, 1.165) is 11.3 Å². The first-order valence-electron chi connectivity index (χ1n) is 6.85. The second-order valence-electron chi connectivity index (χ2n) is 5.24. The highest BCUT2D eigenvalue weighted by Gasteiger charge is 2.19. The molecule has 0 aliphatic heterocycles. The van der Waals surface area contributed by atoms with E-state index in [0.29, 0.717) is 16.8 Å². The smallest absolute Gasteiger partial charge is 0.336 e. The normalized spacial score (nSPS) is 11.8. The molecule has 3 rings (SSSR count). The topological polar surface area (TPSA) is 94.2 Å². The largest absolute Gasteiger partial charge is 0.423 e. The number of benzene rings is 1. The van der Waals surface area contributed by atoms with Gasteiger partial charge in [0.15, 0.2) is 0 Å². The summed E-state index contributed by atoms with van der Waals surface area (Å²) < 4.78 is 34.2. The van der Waals surface area contributed by atoms with Gasteiger partial charge in [0.1, 0.15) is 11.4 Å². The molecule has 0 radical (unpaired) electrons. The van der Waals surface area contributed by atoms with E-state index in [9.17, 15) is 13.2 Å². The first kappa shape index (κ1) is 15.3. The van der Waals surface area contributed by atoms with Crippen LogP contribution in [0.4, 0.5) is 5.82 Å². The molecule has 7 nitrogen and oxygen atoms in total. The molecule has 0 aliphatic carbocycles. The van der Waals surface area contributed by atoms with Crippen LogP contribution in [0.15, 0.2) is 44.4 Å². The molecule has 0 saturated carbocycles. The van der Waals surface area contributed by atoms with Gasteiger partial charge >= 0.3 is 5.63 Å². The molecule has 0 aliphatic rings. The number of fused-ring (bicyclic) bond motifs is 1. The number of nitrogens with zero attached hydrogens (tertiary/aromatic N) is 2. The van der Waals surface area contributed by atoms with Gasteiger partial charge in [0.25, 0.3) is 10.0 Å². The van der Waals surface area contributed by atoms with Crippen LogP contribution in [-0.4, -0.2) is 18.2 Å². The summed E-state index contributed by atoms with van der Waals surface area (Å²) in [6.07, 6.45) is 0. The minimum atomic E-state index is -3.78. The Bertz CT molecular complexity index is 1060. The number of nitrogens with one attached hydrogen (secondary N) is 1. The fraction of sp³-hybridized carbons (Fsp3) is 0.200. The molecule has 2 aromatic heterocycles. The SMILES string of the molecule is Cc1nn(C)c(NS(=O)(=O)c2ccc3oc(=O)ccc3c2)c1C. The van der Waals surface area contributed by atoms with Crippen LogP contribution >= 0.6 is 0 Å². The highest BCUT2D eigenvalue weighted by Crippen LogP contribution is 2.23. The molecule has 2 heterocycles. The van der Waals surface area contributed by atoms with E-state index in [-0.39, 0.29) is 4.90 Å². The zero-order valence-electron chi connectivity index (χ0n) is 12.8. The van der Waals surface area contributed by atoms with Crippen LogP contribution in [-0.2, 0) is 17.1 Å². The molecule has 0 fully saturated rings. The highest BCUT2D eigenvalue weighted by molar-refractivity contribution is 7.92. The molecular formula is C15H15N3O4S. The van der Waals surface area contributed by atoms with Crippen molar-refractivity contribution in [1.29, 1.82) is 0 Å². The number of aromatic nitrogens is 2. The van der Waals surface area contributed by atoms with Crippen molar-refractivity contribution in [2.45, 2.75) is 18.7 Å². The summed E-state index contributed by atoms with van der Waals surface area (Å²) in [5, 5.41) is 4.72. The Hall–Kier alpha value is -2.61. The second kappa shape index (κ2) is 5.24. The van der Waals surface area contributed by atoms with Gasteiger partial charge in [-0.1, -0.05) is 0 Å². The van der Waals surface area contributed by atoms with E-state index < -0.39 is 15.6 Å². The summed E-state index contributed by atoms with van der Waals surface area (Å²) in [5.41, 5.74) is 1.38. The first-order chi connectivity index (χ1) is 10.8. The maximum Gasteiger partial charge on any atom is 0.336 e. The van der Waals surface area contributed by atoms with Crippen LogP contribution < -0.4 is 10.3 Å². The van der Waals surface area contributed by atoms with Crippen LogP contribution in [0.5, 0.6) is 0 Å². The summed E-state index contributed by atoms with van der Waals surface area (Å²) in [4.78, 5) is 11.3. The monoisotopic (exact) mass is 333 g/mol. The molecule has 0 unspecified atom stereocenters. The van der Waals surface area contributed by atoms with Crippen molar-refractivity contribution >= 4 is 26.8 Å². The van der Waals surface area contributed by atoms with Gasteiger partial charge in [-0.2, -0.15) is 5.10 Å². The number of sulfonamides is 1. The Morgan fingerprint density at radius 1 is 1.17 bits per heavy atom. The third-order valence-corrected chi connectivity index (χ3v) is 4.99. The van der Waals surface area contributed by atoms with E-state index in [4.69, 9.17) is 4.42 Å². The van der Waals surface area contributed by atoms with E-state index in [1.807, 2.05) is 6.92 Å². The third-order valence-electron chi connectivity index (χ3n) is 3.65. The average molecular weight is 333 g/mol. The standard InChI is InChI=1S/C15H15N3O4S/c1-9-10(2)16-18(3)15(9)17-23(20,21)12-5-6-13-11(8-12)4-7-14(19)22-13/h4-8,17H,1-3H3. The number of hydrogen-bond acceptors (Lipinski definition) is 5. The second-order valence-corrected chi connectivity index (χ2v) is 6.92. The average Bonchev–Trinajstić information content (AvgIpc) is 2.73. The maximum atomic E-state index is 12.6. The molecule has 120 valence electrons. The molecule has 0 bridgehead atoms. The Labute approximate surface area is 132 Å². The molecule has 1 N–H and O–H groups in total. The number of anilines is 1. The minimum absolute atomic E-state index is 0.0807. The van der Waals surface area contributed by atoms with Gasteiger partial charge < -0.3 is 4.42 Å². The fourth-order valence-electron chi connectivity index (χ4n) is 2.31. The molecule has 0 saturated heterocycles. The highest BCUT2D eigenvalue weighted by atomic mass is 32.2. The van der Waals surface area contributed by atoms with Crippen molar-refractivity contribution in [2.75, 3.05) is 4.72 Å². The fourth-order valence-corrected chi connectivity index (χ4v) is 3.50. The van der Waals surface area contributed by atoms with Gasteiger partial charge in [-0.15, -0.1) is 0 Å². The van der Waals surface area contributed by atoms with E-state index in [1.165, 1.54) is 35.0 Å². The zero-order chi connectivity index (χ0) is 16.8. The van der Waals surface area contributed by atoms with Crippen molar-refractivity contribution in [3.05, 3.63) is 52.0 Å². The van der Waals surface area contributed by atoms with Gasteiger partial charge in [0.2, 0.25) is 0 Å². The minimum Gasteiger partial charge on any atom is -0.423 e. The van der Waals surface area contributed by atoms with Gasteiger partial charge in [-0.3, -0.25) is 9.40 Å². The van der Waals surface area contributed by atoms with Crippen molar-refractivity contribution in [1.82, 2.24) is 9.78 Å². The molecule has 0 amide bonds. The Morgan fingerprint density at radius 3 is 2.57 bits per heavy atom. The lowest BCUT2D eigenvalue weighted by Crippen LogP contribution is -2.16. The van der Waals surface area contributed by atoms with Crippen molar-refractivity contribution in [2.24, 2.45) is 7.05 Å². The lowest BCUT2D eigenvalue weighted by molar-refractivity contribution is 0.560. The summed E-state index contributed by atoms with van der Waals surface area (Å²) in [5.74, 6) is 0.419. The predicted molar refractivity (Wildman–Crippen MR) is 86.0 cm³/mol. The molecular weight excluding hydrogens is 318 g/mol. The van der Waals surface area contributed by atoms with E-state index in [1.54, 1.807) is 14.0 Å². The lowest BCUT2D eigenvalue weighted by atomic mass is 10.2. The van der Waals surface area contributed by atoms with Crippen LogP contribution in [0.1, 0.15) is 11.3 Å². The van der Waals surface area contributed by atoms with Crippen molar-refractivity contribution < 1.29 is 12.8 Å². The van der Waals surface area contributed by atoms with Crippen molar-refractivity contribution in [3.63, 3.8) is 0 Å². The third kappa shape index (κ3) is 2.72.